The second kappa shape index (κ2) is 16.1. The molecule has 6 heteroatoms. The Balaban J connectivity index is 0. The van der Waals surface area contributed by atoms with Crippen LogP contribution in [0.3, 0.4) is 0 Å². The zero-order valence-corrected chi connectivity index (χ0v) is 18.6. The molecule has 0 N–H and O–H groups in total. The van der Waals surface area contributed by atoms with E-state index in [0.29, 0.717) is 5.92 Å². The van der Waals surface area contributed by atoms with Crippen molar-refractivity contribution in [2.45, 2.75) is 91.9 Å². The summed E-state index contributed by atoms with van der Waals surface area (Å²) in [6, 6.07) is 0. The van der Waals surface area contributed by atoms with Crippen LogP contribution in [-0.2, 0) is 9.09 Å². The van der Waals surface area contributed by atoms with Crippen LogP contribution < -0.4 is 9.79 Å². The Bertz CT molecular complexity index is 322. The van der Waals surface area contributed by atoms with Gasteiger partial charge in [-0.2, -0.15) is 0 Å². The van der Waals surface area contributed by atoms with Gasteiger partial charge in [0.1, 0.15) is 0 Å². The molecule has 0 saturated heterocycles. The fraction of sp³-hybridized carbons (Fsp3) is 1.00. The Kier molecular flexibility index (Phi) is 18.2. The minimum absolute atomic E-state index is 0. The van der Waals surface area contributed by atoms with E-state index in [2.05, 4.69) is 32.2 Å². The molecule has 0 heterocycles. The van der Waals surface area contributed by atoms with Gasteiger partial charge in [-0.15, -0.1) is 0 Å². The molecular formula is C18H37MgO4P. The van der Waals surface area contributed by atoms with E-state index in [4.69, 9.17) is 0 Å². The molecule has 24 heavy (non-hydrogen) atoms. The molecule has 0 amide bonds. The second-order valence-electron chi connectivity index (χ2n) is 7.20. The molecule has 0 rings (SSSR count). The molecular weight excluding hydrogens is 335 g/mol. The largest absolute Gasteiger partial charge is 2.00 e. The van der Waals surface area contributed by atoms with Crippen molar-refractivity contribution in [3.8, 4) is 0 Å². The smallest absolute Gasteiger partial charge is 0.790 e. The maximum absolute atomic E-state index is 10.7. The predicted molar refractivity (Wildman–Crippen MR) is 98.6 cm³/mol. The Hall–Kier alpha value is 0.876. The number of phosphoric acid groups is 1. The summed E-state index contributed by atoms with van der Waals surface area (Å²) in [5.74, 6) is 1.69. The van der Waals surface area contributed by atoms with Crippen molar-refractivity contribution in [3.05, 3.63) is 0 Å². The Labute approximate surface area is 165 Å². The molecule has 0 aliphatic rings. The first-order valence-electron chi connectivity index (χ1n) is 9.45. The van der Waals surface area contributed by atoms with Gasteiger partial charge in [0.25, 0.3) is 0 Å². The normalized spacial score (nSPS) is 15.6. The quantitative estimate of drug-likeness (QED) is 0.244. The Morgan fingerprint density at radius 1 is 0.833 bits per heavy atom. The third-order valence-corrected chi connectivity index (χ3v) is 5.45. The van der Waals surface area contributed by atoms with E-state index in [-0.39, 0.29) is 35.6 Å². The molecule has 0 aromatic carbocycles. The van der Waals surface area contributed by atoms with Crippen molar-refractivity contribution < 1.29 is 18.9 Å². The maximum Gasteiger partial charge on any atom is 2.00 e. The van der Waals surface area contributed by atoms with Crippen LogP contribution in [0.15, 0.2) is 0 Å². The molecule has 4 nitrogen and oxygen atoms in total. The van der Waals surface area contributed by atoms with Crippen LogP contribution >= 0.6 is 7.82 Å². The molecule has 0 radical (unpaired) electrons. The van der Waals surface area contributed by atoms with E-state index >= 15 is 0 Å². The molecule has 0 aliphatic heterocycles. The Morgan fingerprint density at radius 3 is 1.79 bits per heavy atom. The number of phosphoric ester groups is 1. The van der Waals surface area contributed by atoms with Crippen LogP contribution in [0.5, 0.6) is 0 Å². The fourth-order valence-electron chi connectivity index (χ4n) is 2.77. The first-order valence-corrected chi connectivity index (χ1v) is 10.9. The second-order valence-corrected chi connectivity index (χ2v) is 8.36. The zero-order valence-electron chi connectivity index (χ0n) is 16.3. The molecule has 0 bridgehead atoms. The number of hydrogen-bond acceptors (Lipinski definition) is 4. The van der Waals surface area contributed by atoms with Crippen molar-refractivity contribution >= 4 is 30.9 Å². The first-order chi connectivity index (χ1) is 10.8. The summed E-state index contributed by atoms with van der Waals surface area (Å²) in [4.78, 5) is 21.4. The van der Waals surface area contributed by atoms with Gasteiger partial charge in [-0.3, -0.25) is 0 Å². The van der Waals surface area contributed by atoms with Crippen molar-refractivity contribution in [3.63, 3.8) is 0 Å². The number of rotatable bonds is 15. The van der Waals surface area contributed by atoms with E-state index in [1.807, 2.05) is 0 Å². The standard InChI is InChI=1S/C18H39O4P.Mg/c1-5-16(3)11-8-7-9-13-18(15-22-23(19,20)21)14-10-12-17(4)6-2;/h16-18H,5-15H2,1-4H3,(H2,19,20,21);/q;+2/p-2. The molecule has 3 unspecified atom stereocenters. The van der Waals surface area contributed by atoms with Gasteiger partial charge in [0.05, 0.1) is 14.4 Å². The van der Waals surface area contributed by atoms with E-state index in [1.54, 1.807) is 0 Å². The first kappa shape index (κ1) is 27.1. The molecule has 0 saturated carbocycles. The molecule has 3 atom stereocenters. The van der Waals surface area contributed by atoms with Crippen molar-refractivity contribution in [2.24, 2.45) is 17.8 Å². The molecule has 0 fully saturated rings. The summed E-state index contributed by atoms with van der Waals surface area (Å²) in [5.41, 5.74) is 0. The number of hydrogen-bond donors (Lipinski definition) is 0. The van der Waals surface area contributed by atoms with E-state index in [9.17, 15) is 14.4 Å². The van der Waals surface area contributed by atoms with Crippen molar-refractivity contribution in [1.82, 2.24) is 0 Å². The minimum Gasteiger partial charge on any atom is -0.790 e. The summed E-state index contributed by atoms with van der Waals surface area (Å²) < 4.78 is 15.2. The maximum atomic E-state index is 10.7. The van der Waals surface area contributed by atoms with Crippen LogP contribution in [0.4, 0.5) is 0 Å². The molecule has 140 valence electrons. The zero-order chi connectivity index (χ0) is 17.7. The van der Waals surface area contributed by atoms with Crippen molar-refractivity contribution in [2.75, 3.05) is 6.61 Å². The van der Waals surface area contributed by atoms with Gasteiger partial charge in [0.2, 0.25) is 0 Å². The molecule has 0 aromatic rings. The van der Waals surface area contributed by atoms with Crippen LogP contribution in [0.25, 0.3) is 0 Å². The van der Waals surface area contributed by atoms with Crippen LogP contribution in [-0.4, -0.2) is 29.7 Å². The van der Waals surface area contributed by atoms with Crippen LogP contribution in [0.1, 0.15) is 91.9 Å². The number of unbranched alkanes of at least 4 members (excludes halogenated alkanes) is 2. The average molecular weight is 373 g/mol. The van der Waals surface area contributed by atoms with E-state index < -0.39 is 7.82 Å². The molecule has 0 aromatic heterocycles. The van der Waals surface area contributed by atoms with Gasteiger partial charge in [-0.05, 0) is 30.6 Å². The summed E-state index contributed by atoms with van der Waals surface area (Å²) >= 11 is 0. The van der Waals surface area contributed by atoms with Crippen molar-refractivity contribution in [1.29, 1.82) is 0 Å². The van der Waals surface area contributed by atoms with Gasteiger partial charge >= 0.3 is 23.1 Å². The third kappa shape index (κ3) is 17.7. The van der Waals surface area contributed by atoms with E-state index in [1.165, 1.54) is 32.1 Å². The molecule has 0 spiro atoms. The Morgan fingerprint density at radius 2 is 1.29 bits per heavy atom. The summed E-state index contributed by atoms with van der Waals surface area (Å²) in [6.07, 6.45) is 11.3. The van der Waals surface area contributed by atoms with Gasteiger partial charge in [0, 0.05) is 0 Å². The fourth-order valence-corrected chi connectivity index (χ4v) is 3.17. The monoisotopic (exact) mass is 372 g/mol. The topological polar surface area (TPSA) is 72.4 Å². The third-order valence-electron chi connectivity index (χ3n) is 4.98. The minimum atomic E-state index is -4.84. The SMILES string of the molecule is CCC(C)CCCCCC(CCCC(C)CC)COP(=O)([O-])[O-].[Mg+2]. The average Bonchev–Trinajstić information content (AvgIpc) is 2.50. The van der Waals surface area contributed by atoms with Gasteiger partial charge in [-0.1, -0.05) is 79.1 Å². The van der Waals surface area contributed by atoms with Gasteiger partial charge < -0.3 is 18.9 Å². The summed E-state index contributed by atoms with van der Waals surface area (Å²) in [6.45, 7) is 9.00. The van der Waals surface area contributed by atoms with Gasteiger partial charge in [0.15, 0.2) is 0 Å². The summed E-state index contributed by atoms with van der Waals surface area (Å²) in [5, 5.41) is 0. The summed E-state index contributed by atoms with van der Waals surface area (Å²) in [7, 11) is -4.84. The van der Waals surface area contributed by atoms with E-state index in [0.717, 1.165) is 38.0 Å². The molecule has 0 aliphatic carbocycles. The predicted octanol–water partition coefficient (Wildman–Crippen LogP) is 4.28. The van der Waals surface area contributed by atoms with Crippen LogP contribution in [0, 0.1) is 17.8 Å². The van der Waals surface area contributed by atoms with Crippen LogP contribution in [0.2, 0.25) is 0 Å². The van der Waals surface area contributed by atoms with Gasteiger partial charge in [-0.25, -0.2) is 0 Å².